The number of allylic oxidation sites excluding steroid dienone is 2. The van der Waals surface area contributed by atoms with Crippen LogP contribution in [0.4, 0.5) is 0 Å². The molecule has 2 aliphatic carbocycles. The lowest BCUT2D eigenvalue weighted by molar-refractivity contribution is 0.415. The fourth-order valence-electron chi connectivity index (χ4n) is 4.40. The molecule has 0 heteroatoms. The first-order chi connectivity index (χ1) is 10.9. The molecular weight excluding hydrogens is 264 g/mol. The van der Waals surface area contributed by atoms with Crippen molar-refractivity contribution in [1.82, 2.24) is 0 Å². The third-order valence-corrected chi connectivity index (χ3v) is 5.87. The van der Waals surface area contributed by atoms with Crippen molar-refractivity contribution in [1.29, 1.82) is 0 Å². The van der Waals surface area contributed by atoms with Gasteiger partial charge in [-0.15, -0.1) is 0 Å². The zero-order valence-electron chi connectivity index (χ0n) is 15.1. The summed E-state index contributed by atoms with van der Waals surface area (Å²) in [4.78, 5) is 0. The molecule has 0 nitrogen and oxygen atoms in total. The first-order valence-corrected chi connectivity index (χ1v) is 10.6. The van der Waals surface area contributed by atoms with E-state index in [0.717, 1.165) is 5.92 Å². The Labute approximate surface area is 140 Å². The summed E-state index contributed by atoms with van der Waals surface area (Å²) in [6.45, 7) is 0. The Kier molecular flexibility index (Phi) is 10.0. The summed E-state index contributed by atoms with van der Waals surface area (Å²) in [6, 6.07) is 0. The predicted octanol–water partition coefficient (Wildman–Crippen LogP) is 7.97. The molecule has 0 aromatic heterocycles. The van der Waals surface area contributed by atoms with E-state index in [1.807, 2.05) is 5.57 Å². The summed E-state index contributed by atoms with van der Waals surface area (Å²) in [6.07, 6.45) is 30.7. The van der Waals surface area contributed by atoms with Crippen molar-refractivity contribution >= 4 is 0 Å². The van der Waals surface area contributed by atoms with Gasteiger partial charge in [-0.2, -0.15) is 0 Å². The fraction of sp³-hybridized carbons (Fsp3) is 0.909. The summed E-state index contributed by atoms with van der Waals surface area (Å²) in [5, 5.41) is 0. The van der Waals surface area contributed by atoms with Crippen molar-refractivity contribution in [2.45, 2.75) is 122 Å². The molecule has 0 unspecified atom stereocenters. The molecule has 2 rings (SSSR count). The zero-order chi connectivity index (χ0) is 15.3. The molecule has 0 radical (unpaired) electrons. The largest absolute Gasteiger partial charge is 0.0822 e. The molecule has 0 aromatic carbocycles. The van der Waals surface area contributed by atoms with Crippen molar-refractivity contribution in [2.75, 3.05) is 0 Å². The molecule has 0 N–H and O–H groups in total. The third kappa shape index (κ3) is 8.39. The summed E-state index contributed by atoms with van der Waals surface area (Å²) < 4.78 is 0. The minimum absolute atomic E-state index is 0.936. The molecule has 2 aliphatic rings. The minimum atomic E-state index is 0.936. The van der Waals surface area contributed by atoms with Crippen LogP contribution in [0.2, 0.25) is 0 Å². The van der Waals surface area contributed by atoms with Gasteiger partial charge in [0, 0.05) is 0 Å². The molecule has 2 saturated carbocycles. The van der Waals surface area contributed by atoms with Gasteiger partial charge in [0.2, 0.25) is 0 Å². The van der Waals surface area contributed by atoms with Gasteiger partial charge in [0.05, 0.1) is 0 Å². The molecule has 0 aromatic rings. The van der Waals surface area contributed by atoms with E-state index >= 15 is 0 Å². The van der Waals surface area contributed by atoms with Crippen LogP contribution >= 0.6 is 0 Å². The zero-order valence-corrected chi connectivity index (χ0v) is 15.1. The van der Waals surface area contributed by atoms with Crippen LogP contribution in [0.5, 0.6) is 0 Å². The molecule has 128 valence electrons. The van der Waals surface area contributed by atoms with E-state index in [0.29, 0.717) is 0 Å². The normalized spacial score (nSPS) is 25.2. The van der Waals surface area contributed by atoms with Crippen LogP contribution < -0.4 is 0 Å². The smallest absolute Gasteiger partial charge is 0.0231 e. The topological polar surface area (TPSA) is 0 Å². The van der Waals surface area contributed by atoms with Crippen molar-refractivity contribution in [3.05, 3.63) is 11.6 Å². The molecule has 0 atom stereocenters. The van der Waals surface area contributed by atoms with Gasteiger partial charge in [0.25, 0.3) is 0 Å². The molecule has 22 heavy (non-hydrogen) atoms. The van der Waals surface area contributed by atoms with E-state index in [9.17, 15) is 0 Å². The quantitative estimate of drug-likeness (QED) is 0.431. The molecular formula is C22H40. The summed E-state index contributed by atoms with van der Waals surface area (Å²) in [5.41, 5.74) is 1.83. The molecule has 0 aliphatic heterocycles. The van der Waals surface area contributed by atoms with Gasteiger partial charge in [0.15, 0.2) is 0 Å². The van der Waals surface area contributed by atoms with Crippen LogP contribution in [0.15, 0.2) is 11.6 Å². The van der Waals surface area contributed by atoms with Gasteiger partial charge < -0.3 is 0 Å². The lowest BCUT2D eigenvalue weighted by Gasteiger charge is -2.20. The maximum Gasteiger partial charge on any atom is -0.0231 e. The Morgan fingerprint density at radius 3 is 1.27 bits per heavy atom. The maximum absolute atomic E-state index is 2.73. The van der Waals surface area contributed by atoms with E-state index in [2.05, 4.69) is 6.08 Å². The summed E-state index contributed by atoms with van der Waals surface area (Å²) >= 11 is 0. The highest BCUT2D eigenvalue weighted by molar-refractivity contribution is 5.05. The van der Waals surface area contributed by atoms with Crippen LogP contribution in [0.1, 0.15) is 122 Å². The van der Waals surface area contributed by atoms with Crippen molar-refractivity contribution in [2.24, 2.45) is 5.92 Å². The van der Waals surface area contributed by atoms with Crippen LogP contribution in [-0.4, -0.2) is 0 Å². The molecule has 0 spiro atoms. The van der Waals surface area contributed by atoms with Gasteiger partial charge in [-0.05, 0) is 44.4 Å². The lowest BCUT2D eigenvalue weighted by atomic mass is 9.86. The van der Waals surface area contributed by atoms with E-state index in [4.69, 9.17) is 0 Å². The predicted molar refractivity (Wildman–Crippen MR) is 99.3 cm³/mol. The van der Waals surface area contributed by atoms with E-state index in [-0.39, 0.29) is 0 Å². The van der Waals surface area contributed by atoms with Crippen molar-refractivity contribution < 1.29 is 0 Å². The third-order valence-electron chi connectivity index (χ3n) is 5.87. The summed E-state index contributed by atoms with van der Waals surface area (Å²) in [5.74, 6) is 0.936. The standard InChI is InChI=1S/C22H40/c1-2-4-6-8-10-13-17-21(16-12-9-7-5-3-1)20-22-18-14-11-15-19-22/h20,22H,1-19H2. The van der Waals surface area contributed by atoms with Crippen molar-refractivity contribution in [3.8, 4) is 0 Å². The maximum atomic E-state index is 2.73. The monoisotopic (exact) mass is 304 g/mol. The fourth-order valence-corrected chi connectivity index (χ4v) is 4.40. The second-order valence-corrected chi connectivity index (χ2v) is 7.97. The first-order valence-electron chi connectivity index (χ1n) is 10.6. The Hall–Kier alpha value is -0.260. The molecule has 2 fully saturated rings. The van der Waals surface area contributed by atoms with Gasteiger partial charge in [-0.3, -0.25) is 0 Å². The van der Waals surface area contributed by atoms with E-state index in [1.54, 1.807) is 0 Å². The Balaban J connectivity index is 1.78. The molecule has 0 saturated heterocycles. The number of rotatable bonds is 1. The van der Waals surface area contributed by atoms with Crippen LogP contribution in [0, 0.1) is 5.92 Å². The van der Waals surface area contributed by atoms with Crippen molar-refractivity contribution in [3.63, 3.8) is 0 Å². The lowest BCUT2D eigenvalue weighted by Crippen LogP contribution is -2.04. The molecule has 0 amide bonds. The van der Waals surface area contributed by atoms with Gasteiger partial charge in [-0.1, -0.05) is 95.1 Å². The minimum Gasteiger partial charge on any atom is -0.0822 e. The van der Waals surface area contributed by atoms with E-state index < -0.39 is 0 Å². The van der Waals surface area contributed by atoms with Crippen LogP contribution in [-0.2, 0) is 0 Å². The van der Waals surface area contributed by atoms with Gasteiger partial charge in [0.1, 0.15) is 0 Å². The SMILES string of the molecule is C(=C1CCCCCCCCCCCCCC1)C1CCCCC1. The highest BCUT2D eigenvalue weighted by Gasteiger charge is 2.12. The average molecular weight is 305 g/mol. The van der Waals surface area contributed by atoms with Gasteiger partial charge >= 0.3 is 0 Å². The van der Waals surface area contributed by atoms with Crippen LogP contribution in [0.25, 0.3) is 0 Å². The van der Waals surface area contributed by atoms with Gasteiger partial charge in [-0.25, -0.2) is 0 Å². The second-order valence-electron chi connectivity index (χ2n) is 7.97. The first kappa shape index (κ1) is 18.1. The molecule has 0 bridgehead atoms. The molecule has 0 heterocycles. The Bertz CT molecular complexity index is 264. The number of hydrogen-bond donors (Lipinski definition) is 0. The highest BCUT2D eigenvalue weighted by atomic mass is 14.2. The Morgan fingerprint density at radius 2 is 0.818 bits per heavy atom. The number of hydrogen-bond acceptors (Lipinski definition) is 0. The Morgan fingerprint density at radius 1 is 0.455 bits per heavy atom. The van der Waals surface area contributed by atoms with Crippen LogP contribution in [0.3, 0.4) is 0 Å². The average Bonchev–Trinajstić information content (AvgIpc) is 2.56. The summed E-state index contributed by atoms with van der Waals surface area (Å²) in [7, 11) is 0. The van der Waals surface area contributed by atoms with E-state index in [1.165, 1.54) is 122 Å². The second kappa shape index (κ2) is 12.2. The highest BCUT2D eigenvalue weighted by Crippen LogP contribution is 2.28.